The number of benzene rings is 1. The van der Waals surface area contributed by atoms with Crippen LogP contribution >= 0.6 is 11.6 Å². The van der Waals surface area contributed by atoms with Crippen LogP contribution in [0.2, 0.25) is 5.02 Å². The summed E-state index contributed by atoms with van der Waals surface area (Å²) < 4.78 is 1.73. The van der Waals surface area contributed by atoms with Crippen molar-refractivity contribution in [3.05, 3.63) is 35.0 Å². The number of aryl methyl sites for hydroxylation is 1. The summed E-state index contributed by atoms with van der Waals surface area (Å²) in [6.45, 7) is 0.452. The second-order valence-electron chi connectivity index (χ2n) is 5.23. The molecule has 1 aliphatic heterocycles. The Morgan fingerprint density at radius 1 is 1.33 bits per heavy atom. The number of hydrogen-bond donors (Lipinski definition) is 1. The molecular formula is C15H15ClN2O3. The first kappa shape index (κ1) is 13.9. The molecule has 1 aliphatic rings. The fraction of sp³-hybridized carbons (Fsp3) is 0.333. The van der Waals surface area contributed by atoms with Gasteiger partial charge in [0.2, 0.25) is 0 Å². The standard InChI is InChI=1S/C15H15ClN2O3/c1-17-10-6-3-2-5-9(10)12(16)13(17)14(19)18-8-4-7-11(18)15(20)21/h2-3,5-6,11H,4,7-8H2,1H3,(H,20,21)/t11-/m0/s1. The molecule has 0 saturated carbocycles. The van der Waals surface area contributed by atoms with Gasteiger partial charge in [-0.15, -0.1) is 0 Å². The van der Waals surface area contributed by atoms with Crippen LogP contribution in [0, 0.1) is 0 Å². The summed E-state index contributed by atoms with van der Waals surface area (Å²) in [5, 5.41) is 10.4. The number of carbonyl (C=O) groups excluding carboxylic acids is 1. The molecule has 0 radical (unpaired) electrons. The van der Waals surface area contributed by atoms with E-state index in [0.29, 0.717) is 30.1 Å². The molecule has 6 heteroatoms. The molecular weight excluding hydrogens is 292 g/mol. The number of hydrogen-bond acceptors (Lipinski definition) is 2. The highest BCUT2D eigenvalue weighted by atomic mass is 35.5. The normalized spacial score (nSPS) is 18.4. The van der Waals surface area contributed by atoms with Crippen molar-refractivity contribution < 1.29 is 14.7 Å². The third-order valence-electron chi connectivity index (χ3n) is 4.05. The zero-order chi connectivity index (χ0) is 15.1. The molecule has 1 N–H and O–H groups in total. The molecule has 1 amide bonds. The molecule has 5 nitrogen and oxygen atoms in total. The fourth-order valence-electron chi connectivity index (χ4n) is 2.99. The molecule has 0 aliphatic carbocycles. The summed E-state index contributed by atoms with van der Waals surface area (Å²) in [5.74, 6) is -1.28. The van der Waals surface area contributed by atoms with Crippen molar-refractivity contribution in [1.29, 1.82) is 0 Å². The molecule has 1 fully saturated rings. The largest absolute Gasteiger partial charge is 0.480 e. The van der Waals surface area contributed by atoms with Gasteiger partial charge in [-0.05, 0) is 18.9 Å². The van der Waals surface area contributed by atoms with Crippen LogP contribution in [0.3, 0.4) is 0 Å². The van der Waals surface area contributed by atoms with Gasteiger partial charge in [0.25, 0.3) is 5.91 Å². The topological polar surface area (TPSA) is 62.5 Å². The number of fused-ring (bicyclic) bond motifs is 1. The van der Waals surface area contributed by atoms with Gasteiger partial charge in [0.15, 0.2) is 0 Å². The minimum absolute atomic E-state index is 0.316. The van der Waals surface area contributed by atoms with E-state index in [1.54, 1.807) is 11.6 Å². The Morgan fingerprint density at radius 2 is 2.05 bits per heavy atom. The van der Waals surface area contributed by atoms with Crippen LogP contribution in [-0.4, -0.2) is 39.0 Å². The van der Waals surface area contributed by atoms with E-state index in [1.165, 1.54) is 4.90 Å². The van der Waals surface area contributed by atoms with Crippen molar-refractivity contribution >= 4 is 34.4 Å². The van der Waals surface area contributed by atoms with Gasteiger partial charge in [-0.2, -0.15) is 0 Å². The molecule has 1 aromatic heterocycles. The van der Waals surface area contributed by atoms with Crippen molar-refractivity contribution in [3.8, 4) is 0 Å². The highest BCUT2D eigenvalue weighted by molar-refractivity contribution is 6.38. The molecule has 1 aromatic carbocycles. The number of aromatic nitrogens is 1. The first-order valence-electron chi connectivity index (χ1n) is 6.79. The van der Waals surface area contributed by atoms with Crippen LogP contribution in [0.15, 0.2) is 24.3 Å². The van der Waals surface area contributed by atoms with Crippen LogP contribution < -0.4 is 0 Å². The number of nitrogens with zero attached hydrogens (tertiary/aromatic N) is 2. The Kier molecular flexibility index (Phi) is 3.37. The Morgan fingerprint density at radius 3 is 2.71 bits per heavy atom. The molecule has 0 unspecified atom stereocenters. The van der Waals surface area contributed by atoms with Gasteiger partial charge in [-0.1, -0.05) is 29.8 Å². The zero-order valence-electron chi connectivity index (χ0n) is 11.5. The summed E-state index contributed by atoms with van der Waals surface area (Å²) in [6, 6.07) is 6.72. The molecule has 2 aromatic rings. The maximum absolute atomic E-state index is 12.7. The summed E-state index contributed by atoms with van der Waals surface area (Å²) in [6.07, 6.45) is 1.19. The van der Waals surface area contributed by atoms with Gasteiger partial charge in [0, 0.05) is 24.5 Å². The average molecular weight is 307 g/mol. The van der Waals surface area contributed by atoms with E-state index in [1.807, 2.05) is 24.3 Å². The number of amides is 1. The molecule has 3 rings (SSSR count). The summed E-state index contributed by atoms with van der Waals surface area (Å²) in [5.41, 5.74) is 1.21. The van der Waals surface area contributed by atoms with Crippen LogP contribution in [-0.2, 0) is 11.8 Å². The molecule has 21 heavy (non-hydrogen) atoms. The van der Waals surface area contributed by atoms with E-state index in [9.17, 15) is 14.7 Å². The molecule has 1 saturated heterocycles. The maximum atomic E-state index is 12.7. The van der Waals surface area contributed by atoms with E-state index < -0.39 is 12.0 Å². The molecule has 1 atom stereocenters. The monoisotopic (exact) mass is 306 g/mol. The van der Waals surface area contributed by atoms with Gasteiger partial charge in [-0.3, -0.25) is 4.79 Å². The lowest BCUT2D eigenvalue weighted by atomic mass is 10.2. The Hall–Kier alpha value is -2.01. The fourth-order valence-corrected chi connectivity index (χ4v) is 3.35. The van der Waals surface area contributed by atoms with Crippen LogP contribution in [0.5, 0.6) is 0 Å². The molecule has 2 heterocycles. The zero-order valence-corrected chi connectivity index (χ0v) is 12.3. The third kappa shape index (κ3) is 2.08. The van der Waals surface area contributed by atoms with Crippen LogP contribution in [0.1, 0.15) is 23.3 Å². The smallest absolute Gasteiger partial charge is 0.326 e. The van der Waals surface area contributed by atoms with Crippen LogP contribution in [0.4, 0.5) is 0 Å². The van der Waals surface area contributed by atoms with Gasteiger partial charge in [0.05, 0.1) is 5.02 Å². The lowest BCUT2D eigenvalue weighted by molar-refractivity contribution is -0.141. The second-order valence-corrected chi connectivity index (χ2v) is 5.61. The first-order valence-corrected chi connectivity index (χ1v) is 7.17. The van der Waals surface area contributed by atoms with E-state index in [2.05, 4.69) is 0 Å². The van der Waals surface area contributed by atoms with Crippen molar-refractivity contribution in [2.24, 2.45) is 7.05 Å². The number of carbonyl (C=O) groups is 2. The quantitative estimate of drug-likeness (QED) is 0.927. The van der Waals surface area contributed by atoms with Crippen molar-refractivity contribution in [1.82, 2.24) is 9.47 Å². The summed E-state index contributed by atoms with van der Waals surface area (Å²) in [7, 11) is 1.77. The van der Waals surface area contributed by atoms with E-state index >= 15 is 0 Å². The van der Waals surface area contributed by atoms with Crippen molar-refractivity contribution in [3.63, 3.8) is 0 Å². The maximum Gasteiger partial charge on any atom is 0.326 e. The third-order valence-corrected chi connectivity index (χ3v) is 4.43. The van der Waals surface area contributed by atoms with Gasteiger partial charge < -0.3 is 14.6 Å². The minimum atomic E-state index is -0.962. The number of likely N-dealkylation sites (tertiary alicyclic amines) is 1. The predicted molar refractivity (Wildman–Crippen MR) is 79.6 cm³/mol. The highest BCUT2D eigenvalue weighted by Gasteiger charge is 2.36. The summed E-state index contributed by atoms with van der Waals surface area (Å²) >= 11 is 6.35. The minimum Gasteiger partial charge on any atom is -0.480 e. The Balaban J connectivity index is 2.08. The lowest BCUT2D eigenvalue weighted by Crippen LogP contribution is -2.41. The highest BCUT2D eigenvalue weighted by Crippen LogP contribution is 2.32. The Bertz CT molecular complexity index is 699. The first-order chi connectivity index (χ1) is 10.0. The average Bonchev–Trinajstić information content (AvgIpc) is 3.04. The number of rotatable bonds is 2. The number of carboxylic acids is 1. The molecule has 110 valence electrons. The second kappa shape index (κ2) is 5.07. The Labute approximate surface area is 126 Å². The molecule has 0 spiro atoms. The van der Waals surface area contributed by atoms with E-state index in [-0.39, 0.29) is 5.91 Å². The van der Waals surface area contributed by atoms with Crippen molar-refractivity contribution in [2.45, 2.75) is 18.9 Å². The SMILES string of the molecule is Cn1c(C(=O)N2CCC[C@H]2C(=O)O)c(Cl)c2ccccc21. The van der Waals surface area contributed by atoms with E-state index in [4.69, 9.17) is 11.6 Å². The molecule has 0 bridgehead atoms. The number of aliphatic carboxylic acids is 1. The van der Waals surface area contributed by atoms with Gasteiger partial charge in [0.1, 0.15) is 11.7 Å². The summed E-state index contributed by atoms with van der Waals surface area (Å²) in [4.78, 5) is 25.4. The van der Waals surface area contributed by atoms with Gasteiger partial charge in [-0.25, -0.2) is 4.79 Å². The van der Waals surface area contributed by atoms with Gasteiger partial charge >= 0.3 is 5.97 Å². The number of carboxylic acid groups (broad SMARTS) is 1. The van der Waals surface area contributed by atoms with Crippen LogP contribution in [0.25, 0.3) is 10.9 Å². The number of halogens is 1. The predicted octanol–water partition coefficient (Wildman–Crippen LogP) is 2.52. The van der Waals surface area contributed by atoms with E-state index in [0.717, 1.165) is 10.9 Å². The van der Waals surface area contributed by atoms with Crippen molar-refractivity contribution in [2.75, 3.05) is 6.54 Å². The number of para-hydroxylation sites is 1. The lowest BCUT2D eigenvalue weighted by Gasteiger charge is -2.21.